The van der Waals surface area contributed by atoms with Crippen LogP contribution in [0.2, 0.25) is 0 Å². The van der Waals surface area contributed by atoms with Gasteiger partial charge in [0.05, 0.1) is 0 Å². The fourth-order valence-corrected chi connectivity index (χ4v) is 4.55. The quantitative estimate of drug-likeness (QED) is 0.837. The van der Waals surface area contributed by atoms with Gasteiger partial charge in [0.15, 0.2) is 0 Å². The maximum Gasteiger partial charge on any atom is 0.226 e. The Morgan fingerprint density at radius 2 is 2.17 bits per heavy atom. The molecule has 3 rings (SSSR count). The molecule has 1 aliphatic heterocycles. The fourth-order valence-electron chi connectivity index (χ4n) is 4.10. The lowest BCUT2D eigenvalue weighted by Gasteiger charge is -2.24. The number of carbonyl (C=O) groups excluding carboxylic acids is 1. The van der Waals surface area contributed by atoms with E-state index in [-0.39, 0.29) is 18.3 Å². The molecule has 4 unspecified atom stereocenters. The molecule has 0 spiro atoms. The van der Waals surface area contributed by atoms with E-state index in [2.05, 4.69) is 39.9 Å². The minimum atomic E-state index is 0. The zero-order valence-corrected chi connectivity index (χ0v) is 16.0. The van der Waals surface area contributed by atoms with Crippen LogP contribution in [0, 0.1) is 17.8 Å². The molecule has 2 N–H and O–H groups in total. The number of fused-ring (bicyclic) bond motifs is 1. The van der Waals surface area contributed by atoms with E-state index < -0.39 is 0 Å². The number of amides is 1. The largest absolute Gasteiger partial charge is 0.342 e. The predicted molar refractivity (Wildman–Crippen MR) is 99.6 cm³/mol. The number of likely N-dealkylation sites (tertiary alicyclic amines) is 1. The average molecular weight is 402 g/mol. The highest BCUT2D eigenvalue weighted by atomic mass is 79.9. The summed E-state index contributed by atoms with van der Waals surface area (Å²) in [5.41, 5.74) is 7.42. The molecule has 1 saturated heterocycles. The molecule has 4 atom stereocenters. The van der Waals surface area contributed by atoms with Gasteiger partial charge in [0.2, 0.25) is 5.91 Å². The van der Waals surface area contributed by atoms with Crippen LogP contribution in [-0.2, 0) is 11.2 Å². The third-order valence-corrected chi connectivity index (χ3v) is 5.93. The summed E-state index contributed by atoms with van der Waals surface area (Å²) in [6.45, 7) is 3.91. The number of hydrogen-bond acceptors (Lipinski definition) is 2. The molecule has 0 aromatic heterocycles. The van der Waals surface area contributed by atoms with E-state index in [0.717, 1.165) is 36.8 Å². The lowest BCUT2D eigenvalue weighted by atomic mass is 9.95. The van der Waals surface area contributed by atoms with E-state index in [9.17, 15) is 4.79 Å². The monoisotopic (exact) mass is 400 g/mol. The van der Waals surface area contributed by atoms with Crippen LogP contribution in [0.3, 0.4) is 0 Å². The molecule has 3 nitrogen and oxygen atoms in total. The van der Waals surface area contributed by atoms with E-state index >= 15 is 0 Å². The number of nitrogens with zero attached hydrogens (tertiary/aromatic N) is 1. The Bertz CT molecular complexity index is 554. The van der Waals surface area contributed by atoms with Crippen molar-refractivity contribution >= 4 is 34.2 Å². The Hall–Kier alpha value is -0.580. The molecule has 1 saturated carbocycles. The lowest BCUT2D eigenvalue weighted by molar-refractivity contribution is -0.134. The molecule has 1 aromatic carbocycles. The molecule has 2 aliphatic rings. The standard InChI is InChI=1S/C18H25BrN2O.ClH/c1-2-13(8-12-4-3-5-15(19)9-12)18(22)21-10-14-6-7-17(20)16(14)11-21;/h3-5,9,13-14,16-17H,2,6-8,10-11,20H2,1H3;1H. The molecule has 5 heteroatoms. The van der Waals surface area contributed by atoms with Gasteiger partial charge < -0.3 is 10.6 Å². The third-order valence-electron chi connectivity index (χ3n) is 5.44. The van der Waals surface area contributed by atoms with Gasteiger partial charge in [0.1, 0.15) is 0 Å². The van der Waals surface area contributed by atoms with Gasteiger partial charge in [-0.15, -0.1) is 12.4 Å². The van der Waals surface area contributed by atoms with E-state index in [1.165, 1.54) is 12.0 Å². The molecule has 128 valence electrons. The Balaban J connectivity index is 0.00000192. The first-order valence-corrected chi connectivity index (χ1v) is 9.16. The van der Waals surface area contributed by atoms with Crippen LogP contribution >= 0.6 is 28.3 Å². The van der Waals surface area contributed by atoms with Crippen molar-refractivity contribution in [3.05, 3.63) is 34.3 Å². The zero-order valence-electron chi connectivity index (χ0n) is 13.6. The van der Waals surface area contributed by atoms with E-state index in [1.54, 1.807) is 0 Å². The smallest absolute Gasteiger partial charge is 0.226 e. The van der Waals surface area contributed by atoms with Crippen LogP contribution in [-0.4, -0.2) is 29.9 Å². The second-order valence-electron chi connectivity index (χ2n) is 6.85. The fraction of sp³-hybridized carbons (Fsp3) is 0.611. The minimum Gasteiger partial charge on any atom is -0.342 e. The SMILES string of the molecule is CCC(Cc1cccc(Br)c1)C(=O)N1CC2CCC(N)C2C1.Cl. The van der Waals surface area contributed by atoms with Crippen LogP contribution in [0.4, 0.5) is 0 Å². The first-order valence-electron chi connectivity index (χ1n) is 8.37. The molecular formula is C18H26BrClN2O. The summed E-state index contributed by atoms with van der Waals surface area (Å²) >= 11 is 3.51. The second kappa shape index (κ2) is 8.00. The molecule has 23 heavy (non-hydrogen) atoms. The van der Waals surface area contributed by atoms with Crippen molar-refractivity contribution in [1.82, 2.24) is 4.90 Å². The van der Waals surface area contributed by atoms with Gasteiger partial charge in [0, 0.05) is 29.5 Å². The molecule has 1 heterocycles. The van der Waals surface area contributed by atoms with Crippen molar-refractivity contribution in [2.75, 3.05) is 13.1 Å². The Morgan fingerprint density at radius 3 is 2.83 bits per heavy atom. The normalized spacial score (nSPS) is 27.4. The van der Waals surface area contributed by atoms with Crippen molar-refractivity contribution in [3.8, 4) is 0 Å². The molecule has 0 radical (unpaired) electrons. The van der Waals surface area contributed by atoms with Crippen LogP contribution < -0.4 is 5.73 Å². The summed E-state index contributed by atoms with van der Waals surface area (Å²) in [7, 11) is 0. The van der Waals surface area contributed by atoms with Gasteiger partial charge in [-0.25, -0.2) is 0 Å². The van der Waals surface area contributed by atoms with Gasteiger partial charge in [-0.1, -0.05) is 35.0 Å². The molecule has 1 amide bonds. The average Bonchev–Trinajstić information content (AvgIpc) is 3.07. The third kappa shape index (κ3) is 4.09. The molecule has 0 bridgehead atoms. The highest BCUT2D eigenvalue weighted by Gasteiger charge is 2.43. The summed E-state index contributed by atoms with van der Waals surface area (Å²) in [6.07, 6.45) is 4.04. The number of carbonyl (C=O) groups is 1. The second-order valence-corrected chi connectivity index (χ2v) is 7.76. The van der Waals surface area contributed by atoms with E-state index in [1.807, 2.05) is 12.1 Å². The summed E-state index contributed by atoms with van der Waals surface area (Å²) in [5.74, 6) is 1.59. The predicted octanol–water partition coefficient (Wildman–Crippen LogP) is 3.64. The van der Waals surface area contributed by atoms with Crippen molar-refractivity contribution < 1.29 is 4.79 Å². The Labute approximate surface area is 153 Å². The maximum absolute atomic E-state index is 12.9. The number of benzene rings is 1. The summed E-state index contributed by atoms with van der Waals surface area (Å²) < 4.78 is 1.08. The van der Waals surface area contributed by atoms with Crippen molar-refractivity contribution in [3.63, 3.8) is 0 Å². The van der Waals surface area contributed by atoms with Gasteiger partial charge in [0.25, 0.3) is 0 Å². The number of nitrogens with two attached hydrogens (primary N) is 1. The summed E-state index contributed by atoms with van der Waals surface area (Å²) in [6, 6.07) is 8.58. The summed E-state index contributed by atoms with van der Waals surface area (Å²) in [4.78, 5) is 15.0. The van der Waals surface area contributed by atoms with Gasteiger partial charge >= 0.3 is 0 Å². The van der Waals surface area contributed by atoms with Gasteiger partial charge in [-0.2, -0.15) is 0 Å². The van der Waals surface area contributed by atoms with Crippen LogP contribution in [0.15, 0.2) is 28.7 Å². The lowest BCUT2D eigenvalue weighted by Crippen LogP contribution is -2.37. The van der Waals surface area contributed by atoms with E-state index in [0.29, 0.717) is 23.8 Å². The highest BCUT2D eigenvalue weighted by Crippen LogP contribution is 2.37. The Morgan fingerprint density at radius 1 is 1.39 bits per heavy atom. The van der Waals surface area contributed by atoms with Crippen molar-refractivity contribution in [2.24, 2.45) is 23.5 Å². The van der Waals surface area contributed by atoms with Crippen LogP contribution in [0.25, 0.3) is 0 Å². The first kappa shape index (κ1) is 18.8. The van der Waals surface area contributed by atoms with Gasteiger partial charge in [-0.3, -0.25) is 4.79 Å². The number of hydrogen-bond donors (Lipinski definition) is 1. The number of halogens is 2. The first-order chi connectivity index (χ1) is 10.6. The minimum absolute atomic E-state index is 0. The summed E-state index contributed by atoms with van der Waals surface area (Å²) in [5, 5.41) is 0. The topological polar surface area (TPSA) is 46.3 Å². The Kier molecular flexibility index (Phi) is 6.52. The van der Waals surface area contributed by atoms with Crippen molar-refractivity contribution in [1.29, 1.82) is 0 Å². The van der Waals surface area contributed by atoms with E-state index in [4.69, 9.17) is 5.73 Å². The molecule has 2 fully saturated rings. The molecule has 1 aliphatic carbocycles. The molecule has 1 aromatic rings. The van der Waals surface area contributed by atoms with Crippen LogP contribution in [0.5, 0.6) is 0 Å². The maximum atomic E-state index is 12.9. The molecular weight excluding hydrogens is 376 g/mol. The van der Waals surface area contributed by atoms with Gasteiger partial charge in [-0.05, 0) is 55.2 Å². The zero-order chi connectivity index (χ0) is 15.7. The highest BCUT2D eigenvalue weighted by molar-refractivity contribution is 9.10. The van der Waals surface area contributed by atoms with Crippen LogP contribution in [0.1, 0.15) is 31.7 Å². The number of rotatable bonds is 4. The van der Waals surface area contributed by atoms with Crippen molar-refractivity contribution in [2.45, 2.75) is 38.6 Å².